The summed E-state index contributed by atoms with van der Waals surface area (Å²) in [5.41, 5.74) is 0.905. The van der Waals surface area contributed by atoms with Gasteiger partial charge in [-0.15, -0.1) is 11.3 Å². The number of furan rings is 1. The van der Waals surface area contributed by atoms with Crippen LogP contribution in [0.4, 0.5) is 14.5 Å². The van der Waals surface area contributed by atoms with Crippen LogP contribution in [0.1, 0.15) is 11.5 Å². The number of thiazole rings is 1. The summed E-state index contributed by atoms with van der Waals surface area (Å²) in [7, 11) is 0. The molecule has 5 rings (SSSR count). The van der Waals surface area contributed by atoms with Crippen LogP contribution in [0.3, 0.4) is 0 Å². The van der Waals surface area contributed by atoms with Gasteiger partial charge in [-0.1, -0.05) is 11.8 Å². The van der Waals surface area contributed by atoms with Crippen molar-refractivity contribution in [2.75, 3.05) is 4.90 Å². The molecule has 1 aliphatic heterocycles. The van der Waals surface area contributed by atoms with Crippen LogP contribution in [-0.2, 0) is 10.5 Å². The molecule has 0 spiro atoms. The summed E-state index contributed by atoms with van der Waals surface area (Å²) < 4.78 is 36.1. The highest BCUT2D eigenvalue weighted by atomic mass is 32.2. The third-order valence-corrected chi connectivity index (χ3v) is 6.41. The molecule has 0 saturated carbocycles. The van der Waals surface area contributed by atoms with Gasteiger partial charge in [0, 0.05) is 29.5 Å². The number of thioether (sulfide) groups is 1. The average molecular weight is 501 g/mol. The van der Waals surface area contributed by atoms with Crippen LogP contribution in [0.15, 0.2) is 80.2 Å². The fourth-order valence-corrected chi connectivity index (χ4v) is 4.85. The lowest BCUT2D eigenvalue weighted by Gasteiger charge is -2.18. The molecule has 3 aromatic heterocycles. The topological polar surface area (TPSA) is 89.4 Å². The van der Waals surface area contributed by atoms with Crippen molar-refractivity contribution >= 4 is 50.9 Å². The number of nitrogens with zero attached hydrogens (tertiary/aromatic N) is 4. The predicted octanol–water partition coefficient (Wildman–Crippen LogP) is 4.63. The Labute approximate surface area is 198 Å². The van der Waals surface area contributed by atoms with Gasteiger partial charge in [-0.05, 0) is 36.4 Å². The van der Waals surface area contributed by atoms with Gasteiger partial charge in [0.1, 0.15) is 17.2 Å². The molecule has 4 heterocycles. The van der Waals surface area contributed by atoms with E-state index in [1.54, 1.807) is 23.7 Å². The van der Waals surface area contributed by atoms with E-state index in [-0.39, 0.29) is 22.8 Å². The van der Waals surface area contributed by atoms with E-state index in [9.17, 15) is 18.4 Å². The average Bonchev–Trinajstić information content (AvgIpc) is 3.55. The first-order valence-electron chi connectivity index (χ1n) is 9.80. The lowest BCUT2D eigenvalue weighted by molar-refractivity contribution is -0.113. The number of hydrogen-bond donors (Lipinski definition) is 0. The normalized spacial score (nSPS) is 15.0. The molecule has 0 bridgehead atoms. The minimum atomic E-state index is -2.95. The van der Waals surface area contributed by atoms with Crippen molar-refractivity contribution in [2.24, 2.45) is 4.99 Å². The molecule has 12 heteroatoms. The second-order valence-electron chi connectivity index (χ2n) is 6.88. The molecule has 4 aromatic rings. The standard InChI is InChI=1S/C22H14F2N4O4S2/c23-20(24)32-15-5-3-14(4-6-15)28-19(30)17(11-16-2-1-8-31-16)26-22(28)34-12-13-10-18(29)27-7-9-33-21(27)25-13/h1-11,20H,12H2/b17-11+. The first-order valence-corrected chi connectivity index (χ1v) is 11.7. The van der Waals surface area contributed by atoms with Gasteiger partial charge in [0.2, 0.25) is 0 Å². The number of anilines is 1. The highest BCUT2D eigenvalue weighted by molar-refractivity contribution is 8.13. The Morgan fingerprint density at radius 1 is 1.21 bits per heavy atom. The zero-order chi connectivity index (χ0) is 23.7. The fourth-order valence-electron chi connectivity index (χ4n) is 3.21. The van der Waals surface area contributed by atoms with E-state index in [4.69, 9.17) is 4.42 Å². The Morgan fingerprint density at radius 2 is 2.03 bits per heavy atom. The Morgan fingerprint density at radius 3 is 2.76 bits per heavy atom. The van der Waals surface area contributed by atoms with Crippen molar-refractivity contribution < 1.29 is 22.7 Å². The monoisotopic (exact) mass is 500 g/mol. The summed E-state index contributed by atoms with van der Waals surface area (Å²) in [6, 6.07) is 10.5. The van der Waals surface area contributed by atoms with Crippen molar-refractivity contribution in [3.63, 3.8) is 0 Å². The molecule has 1 aromatic carbocycles. The van der Waals surface area contributed by atoms with Crippen LogP contribution in [0.25, 0.3) is 11.0 Å². The van der Waals surface area contributed by atoms with E-state index in [1.807, 2.05) is 0 Å². The Balaban J connectivity index is 1.45. The number of carbonyl (C=O) groups excluding carboxylic acids is 1. The number of hydrogen-bond acceptors (Lipinski definition) is 8. The number of alkyl halides is 2. The van der Waals surface area contributed by atoms with Gasteiger partial charge >= 0.3 is 6.61 Å². The molecule has 0 unspecified atom stereocenters. The number of rotatable bonds is 6. The van der Waals surface area contributed by atoms with Crippen molar-refractivity contribution in [3.8, 4) is 5.75 Å². The zero-order valence-corrected chi connectivity index (χ0v) is 18.8. The summed E-state index contributed by atoms with van der Waals surface area (Å²) in [5.74, 6) is 0.296. The number of benzene rings is 1. The van der Waals surface area contributed by atoms with E-state index >= 15 is 0 Å². The number of amides is 1. The molecule has 0 aliphatic carbocycles. The summed E-state index contributed by atoms with van der Waals surface area (Å²) in [6.07, 6.45) is 4.65. The van der Waals surface area contributed by atoms with Crippen LogP contribution in [0.5, 0.6) is 5.75 Å². The molecule has 0 saturated heterocycles. The second-order valence-corrected chi connectivity index (χ2v) is 8.70. The maximum absolute atomic E-state index is 13.2. The van der Waals surface area contributed by atoms with Crippen LogP contribution < -0.4 is 15.2 Å². The highest BCUT2D eigenvalue weighted by Crippen LogP contribution is 2.32. The first kappa shape index (κ1) is 22.0. The van der Waals surface area contributed by atoms with E-state index < -0.39 is 12.5 Å². The fraction of sp³-hybridized carbons (Fsp3) is 0.0909. The minimum Gasteiger partial charge on any atom is -0.465 e. The van der Waals surface area contributed by atoms with Gasteiger partial charge in [-0.25, -0.2) is 9.98 Å². The largest absolute Gasteiger partial charge is 0.465 e. The molecular formula is C22H14F2N4O4S2. The van der Waals surface area contributed by atoms with E-state index in [0.717, 1.165) is 0 Å². The van der Waals surface area contributed by atoms with Gasteiger partial charge in [0.15, 0.2) is 10.1 Å². The molecule has 1 amide bonds. The number of fused-ring (bicyclic) bond motifs is 1. The lowest BCUT2D eigenvalue weighted by atomic mass is 10.2. The Kier molecular flexibility index (Phi) is 5.99. The van der Waals surface area contributed by atoms with E-state index in [2.05, 4.69) is 14.7 Å². The quantitative estimate of drug-likeness (QED) is 0.359. The van der Waals surface area contributed by atoms with Crippen molar-refractivity contribution in [1.29, 1.82) is 0 Å². The number of aromatic nitrogens is 2. The first-order chi connectivity index (χ1) is 16.5. The predicted molar refractivity (Wildman–Crippen MR) is 125 cm³/mol. The summed E-state index contributed by atoms with van der Waals surface area (Å²) >= 11 is 2.56. The molecule has 0 atom stereocenters. The summed E-state index contributed by atoms with van der Waals surface area (Å²) in [6.45, 7) is -2.95. The molecule has 0 radical (unpaired) electrons. The van der Waals surface area contributed by atoms with Gasteiger partial charge in [-0.2, -0.15) is 8.78 Å². The van der Waals surface area contributed by atoms with Gasteiger partial charge < -0.3 is 9.15 Å². The van der Waals surface area contributed by atoms with E-state index in [0.29, 0.717) is 27.3 Å². The highest BCUT2D eigenvalue weighted by Gasteiger charge is 2.32. The van der Waals surface area contributed by atoms with Crippen LogP contribution in [0, 0.1) is 0 Å². The van der Waals surface area contributed by atoms with Crippen molar-refractivity contribution in [2.45, 2.75) is 12.4 Å². The Bertz CT molecular complexity index is 1460. The number of aliphatic imine (C=N–C) groups is 1. The van der Waals surface area contributed by atoms with Crippen LogP contribution in [0.2, 0.25) is 0 Å². The molecular weight excluding hydrogens is 486 g/mol. The SMILES string of the molecule is O=C1/C(=C\c2ccco2)N=C(SCc2cc(=O)n3ccsc3n2)N1c1ccc(OC(F)F)cc1. The van der Waals surface area contributed by atoms with Crippen LogP contribution in [-0.4, -0.2) is 27.1 Å². The number of ether oxygens (including phenoxy) is 1. The summed E-state index contributed by atoms with van der Waals surface area (Å²) in [4.78, 5) is 36.3. The number of amidine groups is 1. The third-order valence-electron chi connectivity index (χ3n) is 4.68. The van der Waals surface area contributed by atoms with Crippen LogP contribution >= 0.6 is 23.1 Å². The molecule has 0 N–H and O–H groups in total. The van der Waals surface area contributed by atoms with Crippen molar-refractivity contribution in [1.82, 2.24) is 9.38 Å². The number of carbonyl (C=O) groups is 1. The molecule has 172 valence electrons. The lowest BCUT2D eigenvalue weighted by Crippen LogP contribution is -2.30. The minimum absolute atomic E-state index is 0.0307. The molecule has 1 aliphatic rings. The third kappa shape index (κ3) is 4.50. The molecule has 0 fully saturated rings. The van der Waals surface area contributed by atoms with Gasteiger partial charge in [0.05, 0.1) is 17.6 Å². The summed E-state index contributed by atoms with van der Waals surface area (Å²) in [5, 5.41) is 2.12. The maximum atomic E-state index is 13.2. The zero-order valence-electron chi connectivity index (χ0n) is 17.1. The molecule has 34 heavy (non-hydrogen) atoms. The van der Waals surface area contributed by atoms with Gasteiger partial charge in [-0.3, -0.25) is 18.9 Å². The smallest absolute Gasteiger partial charge is 0.387 e. The molecule has 8 nitrogen and oxygen atoms in total. The van der Waals surface area contributed by atoms with Gasteiger partial charge in [0.25, 0.3) is 11.5 Å². The number of halogens is 2. The van der Waals surface area contributed by atoms with E-state index in [1.165, 1.54) is 75.1 Å². The maximum Gasteiger partial charge on any atom is 0.387 e. The van der Waals surface area contributed by atoms with Crippen molar-refractivity contribution in [3.05, 3.63) is 87.8 Å². The Hall–Kier alpha value is -3.77. The second kappa shape index (κ2) is 9.23.